The van der Waals surface area contributed by atoms with Gasteiger partial charge in [0, 0.05) is 49.0 Å². The number of hydrogen-bond acceptors (Lipinski definition) is 7. The number of aliphatic hydroxyl groups is 1. The van der Waals surface area contributed by atoms with Gasteiger partial charge in [0.05, 0.1) is 24.5 Å². The molecule has 0 aliphatic carbocycles. The molecule has 4 rings (SSSR count). The van der Waals surface area contributed by atoms with Crippen molar-refractivity contribution < 1.29 is 29.0 Å². The molecule has 1 aromatic carbocycles. The molecule has 0 saturated carbocycles. The molecule has 2 bridgehead atoms. The minimum Gasteiger partial charge on any atom is -0.466 e. The summed E-state index contributed by atoms with van der Waals surface area (Å²) in [5, 5.41) is 9.54. The molecule has 3 aliphatic rings. The number of ether oxygens (including phenoxy) is 2. The maximum atomic E-state index is 14.4. The molecule has 1 N–H and O–H groups in total. The van der Waals surface area contributed by atoms with Crippen LogP contribution in [0.5, 0.6) is 0 Å². The van der Waals surface area contributed by atoms with Gasteiger partial charge in [-0.15, -0.1) is 6.58 Å². The quantitative estimate of drug-likeness (QED) is 0.227. The van der Waals surface area contributed by atoms with Crippen molar-refractivity contribution in [3.05, 3.63) is 36.9 Å². The molecule has 0 aromatic heterocycles. The summed E-state index contributed by atoms with van der Waals surface area (Å²) >= 11 is 3.66. The highest BCUT2D eigenvalue weighted by atomic mass is 79.9. The average molecular weight is 593 g/mol. The van der Waals surface area contributed by atoms with Crippen LogP contribution < -0.4 is 9.80 Å². The van der Waals surface area contributed by atoms with Gasteiger partial charge in [-0.2, -0.15) is 0 Å². The van der Waals surface area contributed by atoms with Gasteiger partial charge in [0.25, 0.3) is 5.91 Å². The fourth-order valence-corrected chi connectivity index (χ4v) is 7.37. The molecule has 1 spiro atoms. The van der Waals surface area contributed by atoms with Crippen LogP contribution >= 0.6 is 15.9 Å². The Balaban J connectivity index is 1.74. The Morgan fingerprint density at radius 1 is 1.24 bits per heavy atom. The predicted molar refractivity (Wildman–Crippen MR) is 148 cm³/mol. The second kappa shape index (κ2) is 11.8. The van der Waals surface area contributed by atoms with Crippen LogP contribution in [-0.4, -0.2) is 89.8 Å². The summed E-state index contributed by atoms with van der Waals surface area (Å²) in [6.45, 7) is 12.0. The molecule has 2 amide bonds. The van der Waals surface area contributed by atoms with Crippen molar-refractivity contribution in [2.24, 2.45) is 11.8 Å². The molecule has 9 nitrogen and oxygen atoms in total. The van der Waals surface area contributed by atoms with E-state index in [0.717, 1.165) is 18.8 Å². The van der Waals surface area contributed by atoms with E-state index < -0.39 is 35.6 Å². The summed E-state index contributed by atoms with van der Waals surface area (Å²) in [5.74, 6) is -2.68. The number of nitrogens with zero attached hydrogens (tertiary/aromatic N) is 3. The van der Waals surface area contributed by atoms with Gasteiger partial charge in [-0.3, -0.25) is 14.4 Å². The number of fused-ring (bicyclic) bond motifs is 1. The molecule has 3 heterocycles. The predicted octanol–water partition coefficient (Wildman–Crippen LogP) is 2.75. The zero-order valence-electron chi connectivity index (χ0n) is 22.3. The van der Waals surface area contributed by atoms with Crippen molar-refractivity contribution in [2.75, 3.05) is 49.2 Å². The molecule has 3 unspecified atom stereocenters. The van der Waals surface area contributed by atoms with Gasteiger partial charge in [0.2, 0.25) is 5.91 Å². The van der Waals surface area contributed by atoms with Crippen molar-refractivity contribution in [2.45, 2.75) is 56.2 Å². The first-order valence-electron chi connectivity index (χ1n) is 13.5. The number of alkyl halides is 1. The van der Waals surface area contributed by atoms with Crippen LogP contribution in [0.4, 0.5) is 11.4 Å². The van der Waals surface area contributed by atoms with Crippen LogP contribution in [0.2, 0.25) is 0 Å². The standard InChI is InChI=1S/C28H38BrN3O6/c1-5-14-31(19-12-10-18(11-13-19)30(6-2)7-3)26(35)24-28-17-20(29)23(38-28)21(27(36)37-8-4)22(28)25(34)32(24)15-9-16-33/h5,10-13,20-24,33H,1,6-9,14-17H2,2-4H3/t20?,21-,22+,23-,24?,28?/m1/s1. The molecule has 3 fully saturated rings. The largest absolute Gasteiger partial charge is 0.466 e. The number of carbonyl (C=O) groups is 3. The average Bonchev–Trinajstić information content (AvgIpc) is 3.50. The van der Waals surface area contributed by atoms with E-state index in [1.807, 2.05) is 24.3 Å². The Morgan fingerprint density at radius 3 is 2.47 bits per heavy atom. The van der Waals surface area contributed by atoms with E-state index in [0.29, 0.717) is 18.5 Å². The van der Waals surface area contributed by atoms with E-state index in [9.17, 15) is 19.5 Å². The first kappa shape index (κ1) is 28.6. The lowest BCUT2D eigenvalue weighted by Gasteiger charge is -2.37. The third-order valence-electron chi connectivity index (χ3n) is 8.01. The van der Waals surface area contributed by atoms with E-state index in [2.05, 4.69) is 41.3 Å². The molecule has 3 aliphatic heterocycles. The van der Waals surface area contributed by atoms with Gasteiger partial charge in [-0.1, -0.05) is 22.0 Å². The highest BCUT2D eigenvalue weighted by molar-refractivity contribution is 9.09. The zero-order valence-corrected chi connectivity index (χ0v) is 23.9. The Morgan fingerprint density at radius 2 is 1.89 bits per heavy atom. The summed E-state index contributed by atoms with van der Waals surface area (Å²) in [4.78, 5) is 46.4. The van der Waals surface area contributed by atoms with Crippen molar-refractivity contribution in [3.8, 4) is 0 Å². The minimum absolute atomic E-state index is 0.128. The van der Waals surface area contributed by atoms with Crippen molar-refractivity contribution in [1.82, 2.24) is 4.90 Å². The summed E-state index contributed by atoms with van der Waals surface area (Å²) in [7, 11) is 0. The third kappa shape index (κ3) is 4.64. The molecule has 1 aromatic rings. The molecule has 208 valence electrons. The van der Waals surface area contributed by atoms with Gasteiger partial charge in [-0.25, -0.2) is 0 Å². The summed E-state index contributed by atoms with van der Waals surface area (Å²) in [6.07, 6.45) is 1.82. The second-order valence-corrected chi connectivity index (χ2v) is 11.1. The van der Waals surface area contributed by atoms with Crippen molar-refractivity contribution in [1.29, 1.82) is 0 Å². The Hall–Kier alpha value is -2.43. The monoisotopic (exact) mass is 591 g/mol. The number of carbonyl (C=O) groups excluding carboxylic acids is 3. The number of hydrogen-bond donors (Lipinski definition) is 1. The minimum atomic E-state index is -1.17. The topological polar surface area (TPSA) is 99.6 Å². The van der Waals surface area contributed by atoms with Crippen LogP contribution in [0.1, 0.15) is 33.6 Å². The molecule has 0 radical (unpaired) electrons. The van der Waals surface area contributed by atoms with Crippen molar-refractivity contribution >= 4 is 45.1 Å². The molecular formula is C28H38BrN3O6. The van der Waals surface area contributed by atoms with E-state index >= 15 is 0 Å². The number of rotatable bonds is 12. The number of amides is 2. The van der Waals surface area contributed by atoms with Crippen LogP contribution in [-0.2, 0) is 23.9 Å². The van der Waals surface area contributed by atoms with Crippen LogP contribution in [0.3, 0.4) is 0 Å². The first-order valence-corrected chi connectivity index (χ1v) is 14.4. The molecular weight excluding hydrogens is 554 g/mol. The number of benzene rings is 1. The zero-order chi connectivity index (χ0) is 27.6. The van der Waals surface area contributed by atoms with Crippen LogP contribution in [0, 0.1) is 11.8 Å². The Kier molecular flexibility index (Phi) is 8.84. The summed E-state index contributed by atoms with van der Waals surface area (Å²) in [5.41, 5.74) is 0.576. The molecule has 38 heavy (non-hydrogen) atoms. The van der Waals surface area contributed by atoms with E-state index in [4.69, 9.17) is 9.47 Å². The molecule has 6 atom stereocenters. The summed E-state index contributed by atoms with van der Waals surface area (Å²) in [6, 6.07) is 6.83. The van der Waals surface area contributed by atoms with Crippen LogP contribution in [0.15, 0.2) is 36.9 Å². The van der Waals surface area contributed by atoms with E-state index in [1.165, 1.54) is 4.90 Å². The highest BCUT2D eigenvalue weighted by Crippen LogP contribution is 2.60. The number of aliphatic hydroxyl groups excluding tert-OH is 1. The van der Waals surface area contributed by atoms with Gasteiger partial charge < -0.3 is 29.3 Å². The second-order valence-electron chi connectivity index (χ2n) is 9.95. The first-order chi connectivity index (χ1) is 18.3. The smallest absolute Gasteiger partial charge is 0.312 e. The number of anilines is 2. The van der Waals surface area contributed by atoms with Crippen molar-refractivity contribution in [3.63, 3.8) is 0 Å². The maximum Gasteiger partial charge on any atom is 0.312 e. The number of halogens is 1. The molecule has 3 saturated heterocycles. The lowest BCUT2D eigenvalue weighted by Crippen LogP contribution is -2.57. The Bertz CT molecular complexity index is 1050. The lowest BCUT2D eigenvalue weighted by molar-refractivity contribution is -0.154. The van der Waals surface area contributed by atoms with Gasteiger partial charge in [0.1, 0.15) is 11.6 Å². The molecule has 10 heteroatoms. The fourth-order valence-electron chi connectivity index (χ4n) is 6.43. The van der Waals surface area contributed by atoms with Gasteiger partial charge in [-0.05, 0) is 57.9 Å². The number of likely N-dealkylation sites (tertiary alicyclic amines) is 1. The van der Waals surface area contributed by atoms with Crippen LogP contribution in [0.25, 0.3) is 0 Å². The maximum absolute atomic E-state index is 14.4. The normalized spacial score (nSPS) is 29.3. The highest BCUT2D eigenvalue weighted by Gasteiger charge is 2.77. The van der Waals surface area contributed by atoms with E-state index in [1.54, 1.807) is 17.9 Å². The summed E-state index contributed by atoms with van der Waals surface area (Å²) < 4.78 is 11.8. The number of esters is 1. The Labute approximate surface area is 232 Å². The third-order valence-corrected chi connectivity index (χ3v) is 8.85. The fraction of sp³-hybridized carbons (Fsp3) is 0.607. The van der Waals surface area contributed by atoms with E-state index in [-0.39, 0.29) is 42.9 Å². The lowest BCUT2D eigenvalue weighted by atomic mass is 9.70. The van der Waals surface area contributed by atoms with Gasteiger partial charge >= 0.3 is 5.97 Å². The SMILES string of the molecule is C=CCN(C(=O)C1N(CCCO)C(=O)[C@@H]2[C@@H](C(=O)OCC)[C@@H]3OC12CC3Br)c1ccc(N(CC)CC)cc1. The van der Waals surface area contributed by atoms with Gasteiger partial charge in [0.15, 0.2) is 0 Å².